The van der Waals surface area contributed by atoms with Crippen LogP contribution >= 0.6 is 11.3 Å². The van der Waals surface area contributed by atoms with Crippen LogP contribution in [0.3, 0.4) is 0 Å². The van der Waals surface area contributed by atoms with Gasteiger partial charge in [0.15, 0.2) is 4.80 Å². The molecule has 2 heterocycles. The number of ether oxygens (including phenoxy) is 1. The lowest BCUT2D eigenvalue weighted by Crippen LogP contribution is -2.19. The van der Waals surface area contributed by atoms with Crippen molar-refractivity contribution in [3.63, 3.8) is 0 Å². The molecule has 0 saturated heterocycles. The number of fused-ring (bicyclic) bond motifs is 2. The van der Waals surface area contributed by atoms with Crippen LogP contribution in [0, 0.1) is 0 Å². The Labute approximate surface area is 158 Å². The van der Waals surface area contributed by atoms with Gasteiger partial charge in [-0.3, -0.25) is 4.79 Å². The summed E-state index contributed by atoms with van der Waals surface area (Å²) in [5.41, 5.74) is 0.545. The summed E-state index contributed by atoms with van der Waals surface area (Å²) >= 11 is 1.37. The van der Waals surface area contributed by atoms with Crippen molar-refractivity contribution in [3.8, 4) is 5.75 Å². The molecule has 2 aromatic heterocycles. The second kappa shape index (κ2) is 6.85. The molecule has 7 heteroatoms. The van der Waals surface area contributed by atoms with Gasteiger partial charge in [0, 0.05) is 11.9 Å². The largest absolute Gasteiger partial charge is 0.495 e. The van der Waals surface area contributed by atoms with Gasteiger partial charge < -0.3 is 13.7 Å². The molecule has 0 aliphatic rings. The van der Waals surface area contributed by atoms with Gasteiger partial charge in [0.25, 0.3) is 5.91 Å². The highest BCUT2D eigenvalue weighted by molar-refractivity contribution is 7.16. The number of amides is 1. The lowest BCUT2D eigenvalue weighted by Gasteiger charge is -2.05. The summed E-state index contributed by atoms with van der Waals surface area (Å²) in [6.45, 7) is 2.57. The highest BCUT2D eigenvalue weighted by Gasteiger charge is 2.15. The third-order valence-corrected chi connectivity index (χ3v) is 5.31. The molecule has 0 saturated carbocycles. The molecule has 1 amide bonds. The molecule has 0 atom stereocenters. The third kappa shape index (κ3) is 2.96. The van der Waals surface area contributed by atoms with E-state index in [1.165, 1.54) is 17.4 Å². The molecule has 0 fully saturated rings. The number of para-hydroxylation sites is 2. The number of carbonyl (C=O) groups excluding carboxylic acids is 1. The molecular weight excluding hydrogens is 364 g/mol. The molecule has 0 N–H and O–H groups in total. The minimum absolute atomic E-state index is 0.0826. The fraction of sp³-hybridized carbons (Fsp3) is 0.150. The first-order valence-corrected chi connectivity index (χ1v) is 9.22. The van der Waals surface area contributed by atoms with Crippen LogP contribution in [0.15, 0.2) is 62.7 Å². The van der Waals surface area contributed by atoms with Crippen molar-refractivity contribution in [3.05, 3.63) is 69.3 Å². The Morgan fingerprint density at radius 3 is 2.81 bits per heavy atom. The molecule has 6 nitrogen and oxygen atoms in total. The van der Waals surface area contributed by atoms with Gasteiger partial charge in [0.05, 0.1) is 11.8 Å². The van der Waals surface area contributed by atoms with Crippen molar-refractivity contribution < 1.29 is 13.9 Å². The van der Waals surface area contributed by atoms with E-state index in [0.717, 1.165) is 10.2 Å². The van der Waals surface area contributed by atoms with Crippen LogP contribution in [0.4, 0.5) is 0 Å². The van der Waals surface area contributed by atoms with Crippen LogP contribution in [0.25, 0.3) is 21.2 Å². The van der Waals surface area contributed by atoms with E-state index < -0.39 is 11.5 Å². The zero-order chi connectivity index (χ0) is 19.0. The monoisotopic (exact) mass is 380 g/mol. The topological polar surface area (TPSA) is 73.8 Å². The van der Waals surface area contributed by atoms with Gasteiger partial charge in [-0.2, -0.15) is 4.99 Å². The quantitative estimate of drug-likeness (QED) is 0.509. The SMILES string of the molecule is CCn1c(=NC(=O)c2cc3ccccc3oc2=O)sc2cccc(OC)c21. The van der Waals surface area contributed by atoms with Gasteiger partial charge in [-0.1, -0.05) is 35.6 Å². The summed E-state index contributed by atoms with van der Waals surface area (Å²) in [5.74, 6) is 0.0898. The van der Waals surface area contributed by atoms with Crippen molar-refractivity contribution in [2.45, 2.75) is 13.5 Å². The number of thiazole rings is 1. The second-order valence-corrected chi connectivity index (χ2v) is 6.85. The highest BCUT2D eigenvalue weighted by Crippen LogP contribution is 2.27. The molecule has 0 unspecified atom stereocenters. The first-order chi connectivity index (χ1) is 13.1. The standard InChI is InChI=1S/C20H16N2O4S/c1-3-22-17-15(25-2)9-6-10-16(17)27-20(22)21-18(23)13-11-12-7-4-5-8-14(12)26-19(13)24/h4-11H,3H2,1-2H3. The first kappa shape index (κ1) is 17.2. The number of aryl methyl sites for hydroxylation is 1. The van der Waals surface area contributed by atoms with Gasteiger partial charge >= 0.3 is 5.63 Å². The molecule has 0 radical (unpaired) electrons. The van der Waals surface area contributed by atoms with E-state index in [4.69, 9.17) is 9.15 Å². The van der Waals surface area contributed by atoms with Crippen LogP contribution in [0.2, 0.25) is 0 Å². The molecular formula is C20H16N2O4S. The number of hydrogen-bond acceptors (Lipinski definition) is 5. The van der Waals surface area contributed by atoms with Crippen LogP contribution in [0.1, 0.15) is 17.3 Å². The maximum Gasteiger partial charge on any atom is 0.349 e. The average Bonchev–Trinajstić information content (AvgIpc) is 3.04. The summed E-state index contributed by atoms with van der Waals surface area (Å²) in [6, 6.07) is 14.3. The Bertz CT molecular complexity index is 1300. The molecule has 0 aliphatic heterocycles. The van der Waals surface area contributed by atoms with Crippen LogP contribution < -0.4 is 15.2 Å². The van der Waals surface area contributed by atoms with E-state index in [1.807, 2.05) is 35.8 Å². The lowest BCUT2D eigenvalue weighted by atomic mass is 10.2. The van der Waals surface area contributed by atoms with Gasteiger partial charge in [0.2, 0.25) is 0 Å². The van der Waals surface area contributed by atoms with Crippen LogP contribution in [-0.2, 0) is 6.54 Å². The molecule has 27 heavy (non-hydrogen) atoms. The minimum Gasteiger partial charge on any atom is -0.495 e. The molecule has 2 aromatic carbocycles. The smallest absolute Gasteiger partial charge is 0.349 e. The maximum absolute atomic E-state index is 12.7. The van der Waals surface area contributed by atoms with Crippen LogP contribution in [0.5, 0.6) is 5.75 Å². The number of nitrogens with zero attached hydrogens (tertiary/aromatic N) is 2. The zero-order valence-electron chi connectivity index (χ0n) is 14.8. The maximum atomic E-state index is 12.7. The molecule has 0 spiro atoms. The zero-order valence-corrected chi connectivity index (χ0v) is 15.6. The van der Waals surface area contributed by atoms with Crippen molar-refractivity contribution in [2.75, 3.05) is 7.11 Å². The van der Waals surface area contributed by atoms with E-state index in [9.17, 15) is 9.59 Å². The molecule has 0 aliphatic carbocycles. The van der Waals surface area contributed by atoms with Crippen molar-refractivity contribution in [1.29, 1.82) is 0 Å². The fourth-order valence-electron chi connectivity index (χ4n) is 3.00. The number of methoxy groups -OCH3 is 1. The fourth-order valence-corrected chi connectivity index (χ4v) is 4.11. The molecule has 0 bridgehead atoms. The Hall–Kier alpha value is -3.19. The molecule has 4 aromatic rings. The number of hydrogen-bond donors (Lipinski definition) is 0. The molecule has 136 valence electrons. The van der Waals surface area contributed by atoms with Gasteiger partial charge in [-0.25, -0.2) is 4.79 Å². The Kier molecular flexibility index (Phi) is 4.37. The van der Waals surface area contributed by atoms with Crippen LogP contribution in [-0.4, -0.2) is 17.6 Å². The summed E-state index contributed by atoms with van der Waals surface area (Å²) in [4.78, 5) is 29.7. The number of rotatable bonds is 3. The first-order valence-electron chi connectivity index (χ1n) is 8.40. The summed E-state index contributed by atoms with van der Waals surface area (Å²) in [7, 11) is 1.61. The summed E-state index contributed by atoms with van der Waals surface area (Å²) in [6.07, 6.45) is 0. The Balaban J connectivity index is 1.90. The van der Waals surface area contributed by atoms with Crippen molar-refractivity contribution in [1.82, 2.24) is 4.57 Å². The van der Waals surface area contributed by atoms with Gasteiger partial charge in [0.1, 0.15) is 22.4 Å². The normalized spacial score (nSPS) is 12.0. The van der Waals surface area contributed by atoms with E-state index in [0.29, 0.717) is 28.1 Å². The van der Waals surface area contributed by atoms with Gasteiger partial charge in [-0.15, -0.1) is 0 Å². The number of benzene rings is 2. The lowest BCUT2D eigenvalue weighted by molar-refractivity contribution is 0.0994. The van der Waals surface area contributed by atoms with Crippen molar-refractivity contribution >= 4 is 38.4 Å². The predicted octanol–water partition coefficient (Wildman–Crippen LogP) is 3.58. The average molecular weight is 380 g/mol. The Morgan fingerprint density at radius 1 is 1.22 bits per heavy atom. The third-order valence-electron chi connectivity index (χ3n) is 4.27. The minimum atomic E-state index is -0.691. The van der Waals surface area contributed by atoms with E-state index >= 15 is 0 Å². The van der Waals surface area contributed by atoms with E-state index in [1.54, 1.807) is 25.3 Å². The summed E-state index contributed by atoms with van der Waals surface area (Å²) < 4.78 is 13.5. The van der Waals surface area contributed by atoms with Crippen molar-refractivity contribution in [2.24, 2.45) is 4.99 Å². The highest BCUT2D eigenvalue weighted by atomic mass is 32.1. The number of carbonyl (C=O) groups is 1. The predicted molar refractivity (Wildman–Crippen MR) is 104 cm³/mol. The van der Waals surface area contributed by atoms with E-state index in [-0.39, 0.29) is 5.56 Å². The molecule has 4 rings (SSSR count). The Morgan fingerprint density at radius 2 is 2.04 bits per heavy atom. The van der Waals surface area contributed by atoms with E-state index in [2.05, 4.69) is 4.99 Å². The second-order valence-electron chi connectivity index (χ2n) is 5.84. The summed E-state index contributed by atoms with van der Waals surface area (Å²) in [5, 5.41) is 0.678. The van der Waals surface area contributed by atoms with Gasteiger partial charge in [-0.05, 0) is 31.2 Å². The number of aromatic nitrogens is 1.